The maximum atomic E-state index is 13.5. The number of carbonyl (C=O) groups is 1. The summed E-state index contributed by atoms with van der Waals surface area (Å²) in [6, 6.07) is 5.94. The van der Waals surface area contributed by atoms with Crippen molar-refractivity contribution in [2.75, 3.05) is 13.6 Å². The highest BCUT2D eigenvalue weighted by atomic mass is 35.5. The molecule has 0 spiro atoms. The molecule has 2 aliphatic carbocycles. The average Bonchev–Trinajstić information content (AvgIpc) is 3.35. The largest absolute Gasteiger partial charge is 0.402 e. The molecule has 180 valence electrons. The molecule has 2 atom stereocenters. The number of sulfone groups is 1. The quantitative estimate of drug-likeness (QED) is 0.304. The second kappa shape index (κ2) is 9.27. The molecule has 0 aromatic heterocycles. The smallest absolute Gasteiger partial charge is 0.244 e. The van der Waals surface area contributed by atoms with Crippen molar-refractivity contribution in [1.82, 2.24) is 15.5 Å². The minimum atomic E-state index is -3.76. The summed E-state index contributed by atoms with van der Waals surface area (Å²) in [5.41, 5.74) is 6.13. The molecule has 1 aliphatic heterocycles. The lowest BCUT2D eigenvalue weighted by Gasteiger charge is -2.30. The normalized spacial score (nSPS) is 25.6. The van der Waals surface area contributed by atoms with E-state index < -0.39 is 26.8 Å². The van der Waals surface area contributed by atoms with Crippen LogP contribution in [-0.2, 0) is 14.6 Å². The van der Waals surface area contributed by atoms with E-state index >= 15 is 0 Å². The Labute approximate surface area is 200 Å². The molecule has 1 saturated heterocycles. The fourth-order valence-electron chi connectivity index (χ4n) is 4.36. The standard InChI is InChI=1S/C23H32ClN5O3S/c1-15(25)12-21(27-16-6-5-7-16)29-14-17(33(31,32)20-9-4-3-8-18(20)24)13-19(29)22(30)28-23(26-2)10-11-23/h3-4,8-9,12,16-17,19,26H,5-7,10-11,13-14,25H2,1-2H3,(H,28,30)/t17?,19-/m0/s1. The first-order chi connectivity index (χ1) is 15.6. The number of rotatable bonds is 7. The van der Waals surface area contributed by atoms with Gasteiger partial charge in [0.1, 0.15) is 11.9 Å². The summed E-state index contributed by atoms with van der Waals surface area (Å²) in [7, 11) is -1.95. The Kier molecular flexibility index (Phi) is 6.75. The SMILES string of the molecule is CNC1(NC(=O)[C@@H]2CC(S(=O)(=O)c3ccccc3Cl)CN2C(C=C(C)N)=NC2CCC2)CC1. The van der Waals surface area contributed by atoms with Crippen LogP contribution in [0.4, 0.5) is 0 Å². The number of benzene rings is 1. The van der Waals surface area contributed by atoms with E-state index in [2.05, 4.69) is 10.6 Å². The van der Waals surface area contributed by atoms with E-state index in [4.69, 9.17) is 22.3 Å². The number of likely N-dealkylation sites (tertiary alicyclic amines) is 1. The molecule has 1 heterocycles. The Bertz CT molecular complexity index is 1080. The summed E-state index contributed by atoms with van der Waals surface area (Å²) < 4.78 is 27.0. The highest BCUT2D eigenvalue weighted by molar-refractivity contribution is 7.92. The van der Waals surface area contributed by atoms with Gasteiger partial charge in [-0.1, -0.05) is 23.7 Å². The Balaban J connectivity index is 1.68. The number of nitrogens with one attached hydrogen (secondary N) is 2. The van der Waals surface area contributed by atoms with E-state index in [0.717, 1.165) is 32.1 Å². The van der Waals surface area contributed by atoms with Crippen molar-refractivity contribution >= 4 is 33.2 Å². The zero-order chi connectivity index (χ0) is 23.8. The summed E-state index contributed by atoms with van der Waals surface area (Å²) >= 11 is 6.23. The number of halogens is 1. The highest BCUT2D eigenvalue weighted by Gasteiger charge is 2.49. The summed E-state index contributed by atoms with van der Waals surface area (Å²) in [5, 5.41) is 5.63. The van der Waals surface area contributed by atoms with E-state index in [1.165, 1.54) is 6.07 Å². The van der Waals surface area contributed by atoms with Crippen LogP contribution in [0.2, 0.25) is 5.02 Å². The number of hydrogen-bond donors (Lipinski definition) is 3. The van der Waals surface area contributed by atoms with Gasteiger partial charge in [0.2, 0.25) is 5.91 Å². The molecule has 0 bridgehead atoms. The Morgan fingerprint density at radius 2 is 2.00 bits per heavy atom. The molecular formula is C23H32ClN5O3S. The Morgan fingerprint density at radius 1 is 1.30 bits per heavy atom. The number of hydrogen-bond acceptors (Lipinski definition) is 6. The molecule has 4 N–H and O–H groups in total. The first-order valence-electron chi connectivity index (χ1n) is 11.4. The lowest BCUT2D eigenvalue weighted by molar-refractivity contribution is -0.125. The third-order valence-electron chi connectivity index (χ3n) is 6.78. The monoisotopic (exact) mass is 493 g/mol. The fraction of sp³-hybridized carbons (Fsp3) is 0.565. The number of nitrogens with two attached hydrogens (primary N) is 1. The zero-order valence-electron chi connectivity index (χ0n) is 19.1. The molecule has 10 heteroatoms. The molecule has 1 aromatic rings. The lowest BCUT2D eigenvalue weighted by Crippen LogP contribution is -2.53. The van der Waals surface area contributed by atoms with Crippen molar-refractivity contribution in [2.24, 2.45) is 10.7 Å². The topological polar surface area (TPSA) is 117 Å². The molecule has 2 saturated carbocycles. The van der Waals surface area contributed by atoms with E-state index in [1.54, 1.807) is 31.2 Å². The number of aliphatic imine (C=N–C) groups is 1. The number of amides is 1. The minimum Gasteiger partial charge on any atom is -0.402 e. The summed E-state index contributed by atoms with van der Waals surface area (Å²) in [5.74, 6) is 0.370. The van der Waals surface area contributed by atoms with Gasteiger partial charge < -0.3 is 16.0 Å². The van der Waals surface area contributed by atoms with E-state index in [9.17, 15) is 13.2 Å². The van der Waals surface area contributed by atoms with Crippen LogP contribution >= 0.6 is 11.6 Å². The van der Waals surface area contributed by atoms with Gasteiger partial charge in [-0.05, 0) is 70.7 Å². The Hall–Kier alpha value is -2.10. The van der Waals surface area contributed by atoms with Gasteiger partial charge in [-0.3, -0.25) is 15.1 Å². The molecule has 0 radical (unpaired) electrons. The molecular weight excluding hydrogens is 462 g/mol. The van der Waals surface area contributed by atoms with Gasteiger partial charge in [-0.2, -0.15) is 0 Å². The van der Waals surface area contributed by atoms with Crippen LogP contribution in [0.25, 0.3) is 0 Å². The summed E-state index contributed by atoms with van der Waals surface area (Å²) in [4.78, 5) is 20.1. The molecule has 8 nitrogen and oxygen atoms in total. The number of amidine groups is 1. The van der Waals surface area contributed by atoms with Crippen molar-refractivity contribution in [3.8, 4) is 0 Å². The molecule has 33 heavy (non-hydrogen) atoms. The van der Waals surface area contributed by atoms with E-state index in [0.29, 0.717) is 11.5 Å². The van der Waals surface area contributed by atoms with Gasteiger partial charge in [0.05, 0.1) is 26.9 Å². The second-order valence-corrected chi connectivity index (χ2v) is 11.9. The molecule has 1 unspecified atom stereocenters. The van der Waals surface area contributed by atoms with Crippen molar-refractivity contribution in [3.63, 3.8) is 0 Å². The van der Waals surface area contributed by atoms with Crippen LogP contribution in [0.5, 0.6) is 0 Å². The maximum Gasteiger partial charge on any atom is 0.244 e. The van der Waals surface area contributed by atoms with Crippen LogP contribution in [0.1, 0.15) is 45.4 Å². The van der Waals surface area contributed by atoms with Gasteiger partial charge in [-0.15, -0.1) is 0 Å². The van der Waals surface area contributed by atoms with Crippen LogP contribution in [0.3, 0.4) is 0 Å². The predicted molar refractivity (Wildman–Crippen MR) is 130 cm³/mol. The third kappa shape index (κ3) is 5.05. The number of nitrogens with zero attached hydrogens (tertiary/aromatic N) is 2. The average molecular weight is 494 g/mol. The molecule has 4 rings (SSSR count). The first-order valence-corrected chi connectivity index (χ1v) is 13.4. The van der Waals surface area contributed by atoms with Gasteiger partial charge in [-0.25, -0.2) is 8.42 Å². The third-order valence-corrected chi connectivity index (χ3v) is 9.41. The highest BCUT2D eigenvalue weighted by Crippen LogP contribution is 2.35. The number of carbonyl (C=O) groups excluding carboxylic acids is 1. The maximum absolute atomic E-state index is 13.5. The van der Waals surface area contributed by atoms with Crippen molar-refractivity contribution < 1.29 is 13.2 Å². The molecule has 3 fully saturated rings. The number of allylic oxidation sites excluding steroid dienone is 1. The van der Waals surface area contributed by atoms with Crippen molar-refractivity contribution in [2.45, 2.75) is 73.3 Å². The van der Waals surface area contributed by atoms with Gasteiger partial charge in [0, 0.05) is 12.2 Å². The zero-order valence-corrected chi connectivity index (χ0v) is 20.6. The van der Waals surface area contributed by atoms with Crippen LogP contribution < -0.4 is 16.4 Å². The first kappa shape index (κ1) is 24.0. The van der Waals surface area contributed by atoms with E-state index in [1.807, 2.05) is 11.9 Å². The summed E-state index contributed by atoms with van der Waals surface area (Å²) in [6.07, 6.45) is 6.66. The predicted octanol–water partition coefficient (Wildman–Crippen LogP) is 2.20. The molecule has 1 aromatic carbocycles. The second-order valence-electron chi connectivity index (χ2n) is 9.28. The minimum absolute atomic E-state index is 0.0922. The van der Waals surface area contributed by atoms with Gasteiger partial charge >= 0.3 is 0 Å². The van der Waals surface area contributed by atoms with Crippen LogP contribution in [0, 0.1) is 0 Å². The van der Waals surface area contributed by atoms with Crippen LogP contribution in [0.15, 0.2) is 45.9 Å². The van der Waals surface area contributed by atoms with Crippen LogP contribution in [-0.4, -0.2) is 61.6 Å². The van der Waals surface area contributed by atoms with Gasteiger partial charge in [0.25, 0.3) is 0 Å². The van der Waals surface area contributed by atoms with Gasteiger partial charge in [0.15, 0.2) is 9.84 Å². The molecule has 1 amide bonds. The van der Waals surface area contributed by atoms with Crippen molar-refractivity contribution in [3.05, 3.63) is 41.1 Å². The van der Waals surface area contributed by atoms with E-state index in [-0.39, 0.29) is 34.8 Å². The fourth-order valence-corrected chi connectivity index (χ4v) is 6.58. The lowest BCUT2D eigenvalue weighted by atomic mass is 9.94. The Morgan fingerprint density at radius 3 is 2.55 bits per heavy atom. The molecule has 3 aliphatic rings. The summed E-state index contributed by atoms with van der Waals surface area (Å²) in [6.45, 7) is 1.91. The van der Waals surface area contributed by atoms with Crippen molar-refractivity contribution in [1.29, 1.82) is 0 Å².